The van der Waals surface area contributed by atoms with Crippen LogP contribution in [0.2, 0.25) is 0 Å². The second kappa shape index (κ2) is 7.47. The van der Waals surface area contributed by atoms with E-state index in [1.807, 2.05) is 4.58 Å². The predicted octanol–water partition coefficient (Wildman–Crippen LogP) is 2.59. The highest BCUT2D eigenvalue weighted by molar-refractivity contribution is 5.70. The molecule has 2 aromatic rings. The number of hydrogen-bond acceptors (Lipinski definition) is 3. The molecule has 1 atom stereocenters. The van der Waals surface area contributed by atoms with E-state index >= 15 is 0 Å². The SMILES string of the molecule is CCCCCCc1ccc(-c2noc([C@@H]3CC[N+]3=C(N)N)n2)cc1. The van der Waals surface area contributed by atoms with E-state index in [1.54, 1.807) is 0 Å². The molecule has 0 unspecified atom stereocenters. The van der Waals surface area contributed by atoms with Crippen LogP contribution in [0.1, 0.15) is 56.5 Å². The van der Waals surface area contributed by atoms with Crippen molar-refractivity contribution < 1.29 is 9.10 Å². The summed E-state index contributed by atoms with van der Waals surface area (Å²) in [6.45, 7) is 3.06. The zero-order valence-electron chi connectivity index (χ0n) is 14.2. The highest BCUT2D eigenvalue weighted by Gasteiger charge is 2.35. The minimum atomic E-state index is 0.00842. The molecule has 1 saturated heterocycles. The van der Waals surface area contributed by atoms with Gasteiger partial charge in [0.15, 0.2) is 6.04 Å². The van der Waals surface area contributed by atoms with Gasteiger partial charge in [-0.25, -0.2) is 0 Å². The van der Waals surface area contributed by atoms with E-state index in [9.17, 15) is 0 Å². The maximum atomic E-state index is 5.65. The van der Waals surface area contributed by atoms with Crippen LogP contribution in [0.3, 0.4) is 0 Å². The standard InChI is InChI=1S/C18H25N5O/c1-2-3-4-5-6-13-7-9-14(10-8-13)16-21-17(24-22-16)15-11-12-23(15)18(19)20/h7-10,15H,2-6,11-12H2,1H3,(H3,19,20)/p+1/t15-/m0/s1. The van der Waals surface area contributed by atoms with Gasteiger partial charge in [-0.1, -0.05) is 55.6 Å². The normalized spacial score (nSPS) is 16.9. The molecule has 0 saturated carbocycles. The smallest absolute Gasteiger partial charge is 0.335 e. The third-order valence-corrected chi connectivity index (χ3v) is 4.61. The number of aryl methyl sites for hydroxylation is 1. The first kappa shape index (κ1) is 16.5. The molecule has 0 aliphatic carbocycles. The topological polar surface area (TPSA) is 94.0 Å². The van der Waals surface area contributed by atoms with Gasteiger partial charge in [0.05, 0.1) is 6.54 Å². The summed E-state index contributed by atoms with van der Waals surface area (Å²) in [5.74, 6) is 1.50. The zero-order valence-corrected chi connectivity index (χ0v) is 14.2. The first-order valence-corrected chi connectivity index (χ1v) is 8.76. The van der Waals surface area contributed by atoms with E-state index in [0.29, 0.717) is 17.7 Å². The molecule has 0 spiro atoms. The Kier molecular flexibility index (Phi) is 5.13. The monoisotopic (exact) mass is 328 g/mol. The van der Waals surface area contributed by atoms with Crippen molar-refractivity contribution in [1.29, 1.82) is 0 Å². The van der Waals surface area contributed by atoms with E-state index in [4.69, 9.17) is 16.0 Å². The quantitative estimate of drug-likeness (QED) is 0.463. The van der Waals surface area contributed by atoms with Gasteiger partial charge in [-0.2, -0.15) is 4.98 Å². The summed E-state index contributed by atoms with van der Waals surface area (Å²) in [5.41, 5.74) is 13.6. The number of rotatable bonds is 7. The molecule has 2 heterocycles. The van der Waals surface area contributed by atoms with Crippen molar-refractivity contribution >= 4 is 5.96 Å². The molecular formula is C18H26N5O+. The Morgan fingerprint density at radius 3 is 2.62 bits per heavy atom. The van der Waals surface area contributed by atoms with E-state index in [2.05, 4.69) is 41.3 Å². The Morgan fingerprint density at radius 1 is 1.21 bits per heavy atom. The highest BCUT2D eigenvalue weighted by Crippen LogP contribution is 2.29. The molecule has 1 aromatic carbocycles. The van der Waals surface area contributed by atoms with Crippen molar-refractivity contribution in [3.05, 3.63) is 35.7 Å². The minimum absolute atomic E-state index is 0.00842. The first-order valence-electron chi connectivity index (χ1n) is 8.76. The van der Waals surface area contributed by atoms with Gasteiger partial charge < -0.3 is 4.52 Å². The second-order valence-electron chi connectivity index (χ2n) is 6.39. The van der Waals surface area contributed by atoms with Crippen LogP contribution in [0.25, 0.3) is 11.4 Å². The predicted molar refractivity (Wildman–Crippen MR) is 93.4 cm³/mol. The molecule has 6 heteroatoms. The summed E-state index contributed by atoms with van der Waals surface area (Å²) in [6.07, 6.45) is 7.17. The van der Waals surface area contributed by atoms with Crippen LogP contribution < -0.4 is 11.5 Å². The van der Waals surface area contributed by atoms with Crippen LogP contribution in [-0.4, -0.2) is 27.2 Å². The Labute approximate surface area is 142 Å². The number of guanidine groups is 1. The molecule has 0 radical (unpaired) electrons. The molecule has 6 nitrogen and oxygen atoms in total. The summed E-state index contributed by atoms with van der Waals surface area (Å²) in [6, 6.07) is 8.43. The van der Waals surface area contributed by atoms with Crippen LogP contribution >= 0.6 is 0 Å². The largest absolute Gasteiger partial charge is 0.341 e. The average molecular weight is 328 g/mol. The van der Waals surface area contributed by atoms with Gasteiger partial charge in [-0.05, 0) is 18.4 Å². The van der Waals surface area contributed by atoms with Crippen molar-refractivity contribution in [2.24, 2.45) is 11.5 Å². The van der Waals surface area contributed by atoms with Gasteiger partial charge >= 0.3 is 5.96 Å². The third kappa shape index (κ3) is 3.58. The molecule has 1 aromatic heterocycles. The molecule has 1 fully saturated rings. The lowest BCUT2D eigenvalue weighted by Crippen LogP contribution is -2.45. The molecule has 0 amide bonds. The number of nitrogens with zero attached hydrogens (tertiary/aromatic N) is 3. The van der Waals surface area contributed by atoms with Gasteiger partial charge in [0.1, 0.15) is 0 Å². The average Bonchev–Trinajstić information content (AvgIpc) is 3.00. The molecule has 3 rings (SSSR count). The van der Waals surface area contributed by atoms with Crippen molar-refractivity contribution in [2.45, 2.75) is 51.5 Å². The number of hydrogen-bond donors (Lipinski definition) is 2. The summed E-state index contributed by atoms with van der Waals surface area (Å²) in [4.78, 5) is 4.51. The maximum Gasteiger partial charge on any atom is 0.341 e. The van der Waals surface area contributed by atoms with Crippen molar-refractivity contribution in [3.63, 3.8) is 0 Å². The molecule has 1 aliphatic rings. The molecule has 1 aliphatic heterocycles. The third-order valence-electron chi connectivity index (χ3n) is 4.61. The number of benzene rings is 1. The van der Waals surface area contributed by atoms with Crippen molar-refractivity contribution in [2.75, 3.05) is 6.54 Å². The summed E-state index contributed by atoms with van der Waals surface area (Å²) >= 11 is 0. The van der Waals surface area contributed by atoms with Gasteiger partial charge in [0, 0.05) is 12.0 Å². The van der Waals surface area contributed by atoms with E-state index in [-0.39, 0.29) is 6.04 Å². The number of aromatic nitrogens is 2. The van der Waals surface area contributed by atoms with Crippen molar-refractivity contribution in [3.8, 4) is 11.4 Å². The summed E-state index contributed by atoms with van der Waals surface area (Å²) < 4.78 is 7.27. The Hall–Kier alpha value is -2.37. The van der Waals surface area contributed by atoms with Crippen LogP contribution in [-0.2, 0) is 6.42 Å². The van der Waals surface area contributed by atoms with E-state index in [0.717, 1.165) is 24.9 Å². The van der Waals surface area contributed by atoms with Gasteiger partial charge in [0.2, 0.25) is 5.82 Å². The fourth-order valence-electron chi connectivity index (χ4n) is 3.02. The lowest BCUT2D eigenvalue weighted by molar-refractivity contribution is -0.637. The molecule has 4 N–H and O–H groups in total. The second-order valence-corrected chi connectivity index (χ2v) is 6.39. The number of unbranched alkanes of at least 4 members (excludes halogenated alkanes) is 3. The van der Waals surface area contributed by atoms with Gasteiger partial charge in [-0.15, -0.1) is 0 Å². The Bertz CT molecular complexity index is 700. The van der Waals surface area contributed by atoms with Gasteiger partial charge in [0.25, 0.3) is 5.89 Å². The fraction of sp³-hybridized carbons (Fsp3) is 0.500. The van der Waals surface area contributed by atoms with Crippen molar-refractivity contribution in [1.82, 2.24) is 10.1 Å². The molecule has 24 heavy (non-hydrogen) atoms. The zero-order chi connectivity index (χ0) is 16.9. The summed E-state index contributed by atoms with van der Waals surface area (Å²) in [7, 11) is 0. The molecule has 128 valence electrons. The summed E-state index contributed by atoms with van der Waals surface area (Å²) in [5, 5.41) is 4.10. The van der Waals surface area contributed by atoms with Crippen LogP contribution in [0.15, 0.2) is 28.8 Å². The van der Waals surface area contributed by atoms with Crippen LogP contribution in [0.4, 0.5) is 0 Å². The van der Waals surface area contributed by atoms with E-state index in [1.165, 1.54) is 31.2 Å². The highest BCUT2D eigenvalue weighted by atomic mass is 16.5. The van der Waals surface area contributed by atoms with Crippen LogP contribution in [0.5, 0.6) is 0 Å². The fourth-order valence-corrected chi connectivity index (χ4v) is 3.02. The van der Waals surface area contributed by atoms with Gasteiger partial charge in [-0.3, -0.25) is 16.0 Å². The lowest BCUT2D eigenvalue weighted by Gasteiger charge is -2.26. The molecule has 0 bridgehead atoms. The lowest BCUT2D eigenvalue weighted by atomic mass is 10.0. The van der Waals surface area contributed by atoms with E-state index < -0.39 is 0 Å². The molecular weight excluding hydrogens is 302 g/mol. The Balaban J connectivity index is 1.64. The Morgan fingerprint density at radius 2 is 2.00 bits per heavy atom. The maximum absolute atomic E-state index is 5.65. The van der Waals surface area contributed by atoms with Crippen LogP contribution in [0, 0.1) is 0 Å². The first-order chi connectivity index (χ1) is 11.7. The number of nitrogens with two attached hydrogens (primary N) is 2. The minimum Gasteiger partial charge on any atom is -0.335 e.